The van der Waals surface area contributed by atoms with Crippen LogP contribution in [0.4, 0.5) is 8.78 Å². The second-order valence-corrected chi connectivity index (χ2v) is 4.13. The fraction of sp³-hybridized carbons (Fsp3) is 0.125. The smallest absolute Gasteiger partial charge is 0.246 e. The maximum atomic E-state index is 12.8. The number of halogens is 2. The molecular formula is C8H5F2NO3S. The van der Waals surface area contributed by atoms with Crippen LogP contribution in [0.25, 0.3) is 0 Å². The van der Waals surface area contributed by atoms with E-state index in [1.165, 1.54) is 6.07 Å². The van der Waals surface area contributed by atoms with Crippen LogP contribution in [0, 0.1) is 11.6 Å². The van der Waals surface area contributed by atoms with E-state index in [9.17, 15) is 17.2 Å². The first-order valence-corrected chi connectivity index (χ1v) is 5.28. The molecule has 15 heavy (non-hydrogen) atoms. The summed E-state index contributed by atoms with van der Waals surface area (Å²) in [5.41, 5.74) is 0.254. The molecular weight excluding hydrogens is 228 g/mol. The van der Waals surface area contributed by atoms with E-state index in [-0.39, 0.29) is 17.9 Å². The van der Waals surface area contributed by atoms with Gasteiger partial charge in [0, 0.05) is 5.56 Å². The normalized spacial score (nSPS) is 18.9. The molecule has 0 aliphatic carbocycles. The molecule has 1 aliphatic heterocycles. The van der Waals surface area contributed by atoms with E-state index in [1.54, 1.807) is 0 Å². The third-order valence-electron chi connectivity index (χ3n) is 1.82. The lowest BCUT2D eigenvalue weighted by molar-refractivity contribution is 0.382. The van der Waals surface area contributed by atoms with Gasteiger partial charge in [-0.2, -0.15) is 8.42 Å². The monoisotopic (exact) mass is 233 g/mol. The van der Waals surface area contributed by atoms with Gasteiger partial charge < -0.3 is 0 Å². The Kier molecular flexibility index (Phi) is 2.28. The van der Waals surface area contributed by atoms with Crippen molar-refractivity contribution >= 4 is 16.0 Å². The van der Waals surface area contributed by atoms with Gasteiger partial charge in [0.2, 0.25) is 0 Å². The molecule has 0 spiro atoms. The van der Waals surface area contributed by atoms with Crippen LogP contribution in [0.5, 0.6) is 0 Å². The maximum Gasteiger partial charge on any atom is 0.381 e. The van der Waals surface area contributed by atoms with E-state index < -0.39 is 21.9 Å². The topological polar surface area (TPSA) is 55.7 Å². The molecule has 0 amide bonds. The van der Waals surface area contributed by atoms with Crippen molar-refractivity contribution in [2.45, 2.75) is 0 Å². The third kappa shape index (κ3) is 2.02. The molecule has 7 heteroatoms. The average molecular weight is 233 g/mol. The fourth-order valence-corrected chi connectivity index (χ4v) is 1.87. The molecule has 1 heterocycles. The second-order valence-electron chi connectivity index (χ2n) is 2.86. The van der Waals surface area contributed by atoms with Gasteiger partial charge in [0.15, 0.2) is 11.6 Å². The highest BCUT2D eigenvalue weighted by Crippen LogP contribution is 2.15. The Morgan fingerprint density at radius 3 is 2.53 bits per heavy atom. The Balaban J connectivity index is 2.44. The summed E-state index contributed by atoms with van der Waals surface area (Å²) in [6, 6.07) is 3.01. The van der Waals surface area contributed by atoms with E-state index >= 15 is 0 Å². The van der Waals surface area contributed by atoms with Gasteiger partial charge >= 0.3 is 10.3 Å². The molecule has 0 saturated heterocycles. The van der Waals surface area contributed by atoms with Gasteiger partial charge in [0.25, 0.3) is 0 Å². The molecule has 1 aromatic carbocycles. The highest BCUT2D eigenvalue weighted by Gasteiger charge is 2.22. The van der Waals surface area contributed by atoms with E-state index in [2.05, 4.69) is 8.58 Å². The van der Waals surface area contributed by atoms with Crippen LogP contribution in [0.15, 0.2) is 22.6 Å². The standard InChI is InChI=1S/C8H5F2NO3S/c9-6-2-1-5(3-7(6)10)8-4-14-15(12,13)11-8/h1-3H,4H2. The van der Waals surface area contributed by atoms with Crippen LogP contribution in [-0.4, -0.2) is 20.7 Å². The summed E-state index contributed by atoms with van der Waals surface area (Å²) in [7, 11) is -3.89. The predicted octanol–water partition coefficient (Wildman–Crippen LogP) is 1.03. The van der Waals surface area contributed by atoms with E-state index in [4.69, 9.17) is 0 Å². The zero-order valence-corrected chi connectivity index (χ0v) is 8.09. The van der Waals surface area contributed by atoms with Crippen LogP contribution in [0.3, 0.4) is 0 Å². The first-order valence-electron chi connectivity index (χ1n) is 3.91. The zero-order valence-electron chi connectivity index (χ0n) is 7.28. The van der Waals surface area contributed by atoms with E-state index in [1.807, 2.05) is 0 Å². The fourth-order valence-electron chi connectivity index (χ4n) is 1.13. The SMILES string of the molecule is O=S1(=O)N=C(c2ccc(F)c(F)c2)CO1. The predicted molar refractivity (Wildman–Crippen MR) is 47.8 cm³/mol. The summed E-state index contributed by atoms with van der Waals surface area (Å²) >= 11 is 0. The molecule has 0 unspecified atom stereocenters. The maximum absolute atomic E-state index is 12.8. The summed E-state index contributed by atoms with van der Waals surface area (Å²) in [6.07, 6.45) is 0. The van der Waals surface area contributed by atoms with Gasteiger partial charge in [0.05, 0.1) is 5.71 Å². The van der Waals surface area contributed by atoms with Crippen LogP contribution in [0.2, 0.25) is 0 Å². The Morgan fingerprint density at radius 1 is 1.27 bits per heavy atom. The lowest BCUT2D eigenvalue weighted by Crippen LogP contribution is -2.03. The van der Waals surface area contributed by atoms with Crippen LogP contribution in [0.1, 0.15) is 5.56 Å². The summed E-state index contributed by atoms with van der Waals surface area (Å²) in [4.78, 5) is 0. The van der Waals surface area contributed by atoms with Crippen LogP contribution in [-0.2, 0) is 14.5 Å². The molecule has 0 N–H and O–H groups in total. The number of hydrogen-bond acceptors (Lipinski definition) is 3. The van der Waals surface area contributed by atoms with Gasteiger partial charge in [-0.1, -0.05) is 0 Å². The molecule has 0 saturated carbocycles. The number of hydrogen-bond donors (Lipinski definition) is 0. The number of rotatable bonds is 1. The Hall–Kier alpha value is -1.34. The molecule has 4 nitrogen and oxygen atoms in total. The number of benzene rings is 1. The third-order valence-corrected chi connectivity index (χ3v) is 2.68. The van der Waals surface area contributed by atoms with Crippen molar-refractivity contribution in [3.8, 4) is 0 Å². The van der Waals surface area contributed by atoms with Crippen molar-refractivity contribution in [1.29, 1.82) is 0 Å². The van der Waals surface area contributed by atoms with Crippen molar-refractivity contribution in [3.05, 3.63) is 35.4 Å². The minimum Gasteiger partial charge on any atom is -0.246 e. The highest BCUT2D eigenvalue weighted by atomic mass is 32.2. The molecule has 0 bridgehead atoms. The largest absolute Gasteiger partial charge is 0.381 e. The van der Waals surface area contributed by atoms with Gasteiger partial charge in [-0.05, 0) is 18.2 Å². The van der Waals surface area contributed by atoms with Gasteiger partial charge in [-0.3, -0.25) is 0 Å². The second kappa shape index (κ2) is 3.35. The molecule has 0 radical (unpaired) electrons. The minimum absolute atomic E-state index is 0.0638. The Labute approximate surface area is 84.5 Å². The Bertz CT molecular complexity index is 539. The van der Waals surface area contributed by atoms with Crippen molar-refractivity contribution in [2.75, 3.05) is 6.61 Å². The summed E-state index contributed by atoms with van der Waals surface area (Å²) < 4.78 is 54.5. The van der Waals surface area contributed by atoms with Crippen LogP contribution < -0.4 is 0 Å². The Morgan fingerprint density at radius 2 is 2.00 bits per heavy atom. The van der Waals surface area contributed by atoms with Crippen molar-refractivity contribution in [2.24, 2.45) is 4.40 Å². The van der Waals surface area contributed by atoms with Crippen molar-refractivity contribution in [1.82, 2.24) is 0 Å². The number of nitrogens with zero attached hydrogens (tertiary/aromatic N) is 1. The van der Waals surface area contributed by atoms with Crippen molar-refractivity contribution < 1.29 is 21.4 Å². The first kappa shape index (κ1) is 10.2. The first-order chi connectivity index (χ1) is 6.98. The lowest BCUT2D eigenvalue weighted by Gasteiger charge is -1.98. The summed E-state index contributed by atoms with van der Waals surface area (Å²) in [6.45, 7) is -0.257. The molecule has 80 valence electrons. The summed E-state index contributed by atoms with van der Waals surface area (Å²) in [5, 5.41) is 0. The van der Waals surface area contributed by atoms with Gasteiger partial charge in [0.1, 0.15) is 6.61 Å². The van der Waals surface area contributed by atoms with Crippen LogP contribution >= 0.6 is 0 Å². The van der Waals surface area contributed by atoms with E-state index in [0.717, 1.165) is 12.1 Å². The summed E-state index contributed by atoms with van der Waals surface area (Å²) in [5.74, 6) is -2.05. The average Bonchev–Trinajstić information content (AvgIpc) is 2.51. The minimum atomic E-state index is -3.89. The molecule has 1 aromatic rings. The van der Waals surface area contributed by atoms with Gasteiger partial charge in [-0.25, -0.2) is 13.0 Å². The highest BCUT2D eigenvalue weighted by molar-refractivity contribution is 7.85. The molecule has 1 aliphatic rings. The molecule has 0 fully saturated rings. The van der Waals surface area contributed by atoms with E-state index in [0.29, 0.717) is 0 Å². The quantitative estimate of drug-likeness (QED) is 0.727. The van der Waals surface area contributed by atoms with Gasteiger partial charge in [-0.15, -0.1) is 4.40 Å². The van der Waals surface area contributed by atoms with Crippen molar-refractivity contribution in [3.63, 3.8) is 0 Å². The zero-order chi connectivity index (χ0) is 11.1. The molecule has 2 rings (SSSR count). The molecule has 0 aromatic heterocycles. The molecule has 0 atom stereocenters. The lowest BCUT2D eigenvalue weighted by atomic mass is 10.1.